The number of rotatable bonds is 2. The Bertz CT molecular complexity index is 754. The molecule has 2 aromatic carbocycles. The minimum atomic E-state index is -0.292. The molecule has 0 aliphatic heterocycles. The van der Waals surface area contributed by atoms with Crippen LogP contribution >= 0.6 is 0 Å². The van der Waals surface area contributed by atoms with Gasteiger partial charge in [-0.2, -0.15) is 0 Å². The molecule has 3 rings (SSSR count). The van der Waals surface area contributed by atoms with Crippen LogP contribution in [0.1, 0.15) is 0 Å². The molecule has 0 fully saturated rings. The summed E-state index contributed by atoms with van der Waals surface area (Å²) in [5.74, 6) is -0.292. The van der Waals surface area contributed by atoms with Crippen LogP contribution < -0.4 is 0 Å². The largest absolute Gasteiger partial charge is 0.254 e. The Morgan fingerprint density at radius 2 is 1.79 bits per heavy atom. The summed E-state index contributed by atoms with van der Waals surface area (Å²) in [5.41, 5.74) is 2.51. The van der Waals surface area contributed by atoms with Crippen LogP contribution in [0.3, 0.4) is 0 Å². The van der Waals surface area contributed by atoms with Crippen LogP contribution in [0.25, 0.3) is 22.0 Å². The second-order valence-corrected chi connectivity index (χ2v) is 4.17. The Labute approximate surface area is 108 Å². The molecule has 92 valence electrons. The van der Waals surface area contributed by atoms with Crippen LogP contribution in [-0.2, 0) is 0 Å². The number of benzene rings is 2. The van der Waals surface area contributed by atoms with E-state index in [0.29, 0.717) is 5.52 Å². The third-order valence-electron chi connectivity index (χ3n) is 2.96. The lowest BCUT2D eigenvalue weighted by Crippen LogP contribution is -1.83. The third-order valence-corrected chi connectivity index (χ3v) is 2.96. The maximum atomic E-state index is 12.9. The summed E-state index contributed by atoms with van der Waals surface area (Å²) in [7, 11) is 0. The van der Waals surface area contributed by atoms with E-state index in [-0.39, 0.29) is 11.5 Å². The number of aromatic nitrogens is 1. The molecule has 0 saturated carbocycles. The summed E-state index contributed by atoms with van der Waals surface area (Å²) >= 11 is 0. The number of hydrogen-bond donors (Lipinski definition) is 0. The van der Waals surface area contributed by atoms with Gasteiger partial charge < -0.3 is 0 Å². The molecule has 0 spiro atoms. The van der Waals surface area contributed by atoms with E-state index in [2.05, 4.69) is 10.2 Å². The molecule has 0 bridgehead atoms. The van der Waals surface area contributed by atoms with Crippen LogP contribution in [0.15, 0.2) is 59.9 Å². The van der Waals surface area contributed by atoms with Crippen molar-refractivity contribution < 1.29 is 4.39 Å². The average Bonchev–Trinajstić information content (AvgIpc) is 2.47. The maximum Gasteiger partial charge on any atom is 0.134 e. The molecule has 0 radical (unpaired) electrons. The third kappa shape index (κ3) is 2.08. The van der Waals surface area contributed by atoms with E-state index >= 15 is 0 Å². The first-order valence-electron chi connectivity index (χ1n) is 5.76. The van der Waals surface area contributed by atoms with Gasteiger partial charge in [0.05, 0.1) is 5.52 Å². The Hall–Kier alpha value is -2.62. The van der Waals surface area contributed by atoms with E-state index in [4.69, 9.17) is 0 Å². The summed E-state index contributed by atoms with van der Waals surface area (Å²) in [5, 5.41) is 3.85. The molecule has 0 N–H and O–H groups in total. The van der Waals surface area contributed by atoms with E-state index in [9.17, 15) is 9.30 Å². The number of pyridine rings is 1. The first-order valence-corrected chi connectivity index (χ1v) is 5.76. The second kappa shape index (κ2) is 4.57. The molecule has 0 atom stereocenters. The van der Waals surface area contributed by atoms with Crippen molar-refractivity contribution in [2.45, 2.75) is 0 Å². The smallest absolute Gasteiger partial charge is 0.134 e. The summed E-state index contributed by atoms with van der Waals surface area (Å²) in [6, 6.07) is 13.3. The molecule has 1 aromatic heterocycles. The number of hydrogen-bond acceptors (Lipinski definition) is 3. The number of nitrogens with zero attached hydrogens (tertiary/aromatic N) is 2. The fourth-order valence-corrected chi connectivity index (χ4v) is 2.05. The minimum absolute atomic E-state index is 0.289. The van der Waals surface area contributed by atoms with Crippen LogP contribution in [0.4, 0.5) is 10.1 Å². The first kappa shape index (κ1) is 11.5. The van der Waals surface area contributed by atoms with Crippen LogP contribution in [0.5, 0.6) is 0 Å². The van der Waals surface area contributed by atoms with Crippen molar-refractivity contribution in [1.82, 2.24) is 4.98 Å². The highest BCUT2D eigenvalue weighted by molar-refractivity contribution is 5.93. The van der Waals surface area contributed by atoms with Crippen molar-refractivity contribution in [1.29, 1.82) is 0 Å². The predicted molar refractivity (Wildman–Crippen MR) is 72.6 cm³/mol. The van der Waals surface area contributed by atoms with Crippen molar-refractivity contribution in [2.75, 3.05) is 0 Å². The SMILES string of the molecule is O=Nc1cc(-c2ccc(F)cc2)cc2cccnc12. The molecule has 0 amide bonds. The average molecular weight is 252 g/mol. The lowest BCUT2D eigenvalue weighted by molar-refractivity contribution is 0.628. The molecule has 0 aliphatic carbocycles. The van der Waals surface area contributed by atoms with Gasteiger partial charge in [-0.05, 0) is 46.6 Å². The van der Waals surface area contributed by atoms with Gasteiger partial charge in [-0.25, -0.2) is 4.39 Å². The molecule has 3 nitrogen and oxygen atoms in total. The Kier molecular flexibility index (Phi) is 2.76. The number of fused-ring (bicyclic) bond motifs is 1. The van der Waals surface area contributed by atoms with Crippen LogP contribution in [0, 0.1) is 10.7 Å². The fraction of sp³-hybridized carbons (Fsp3) is 0. The van der Waals surface area contributed by atoms with Crippen molar-refractivity contribution in [3.63, 3.8) is 0 Å². The summed E-state index contributed by atoms with van der Waals surface area (Å²) in [6.07, 6.45) is 1.62. The zero-order chi connectivity index (χ0) is 13.2. The highest BCUT2D eigenvalue weighted by atomic mass is 19.1. The normalized spacial score (nSPS) is 10.6. The van der Waals surface area contributed by atoms with Crippen molar-refractivity contribution in [2.24, 2.45) is 5.18 Å². The van der Waals surface area contributed by atoms with Gasteiger partial charge in [0.1, 0.15) is 11.5 Å². The monoisotopic (exact) mass is 252 g/mol. The zero-order valence-corrected chi connectivity index (χ0v) is 9.88. The molecule has 19 heavy (non-hydrogen) atoms. The number of nitroso groups, excluding NO2 is 1. The van der Waals surface area contributed by atoms with Crippen molar-refractivity contribution in [3.8, 4) is 11.1 Å². The number of halogens is 1. The summed E-state index contributed by atoms with van der Waals surface area (Å²) in [4.78, 5) is 15.1. The Morgan fingerprint density at radius 1 is 1.00 bits per heavy atom. The molecule has 4 heteroatoms. The van der Waals surface area contributed by atoms with Gasteiger partial charge >= 0.3 is 0 Å². The molecule has 3 aromatic rings. The Balaban J connectivity index is 2.24. The van der Waals surface area contributed by atoms with E-state index in [1.807, 2.05) is 12.1 Å². The van der Waals surface area contributed by atoms with E-state index in [1.54, 1.807) is 30.5 Å². The summed E-state index contributed by atoms with van der Waals surface area (Å²) in [6.45, 7) is 0. The van der Waals surface area contributed by atoms with E-state index in [1.165, 1.54) is 12.1 Å². The van der Waals surface area contributed by atoms with Crippen molar-refractivity contribution in [3.05, 3.63) is 65.5 Å². The second-order valence-electron chi connectivity index (χ2n) is 4.17. The van der Waals surface area contributed by atoms with Gasteiger partial charge in [0.25, 0.3) is 0 Å². The van der Waals surface area contributed by atoms with Crippen LogP contribution in [0.2, 0.25) is 0 Å². The molecular weight excluding hydrogens is 243 g/mol. The fourth-order valence-electron chi connectivity index (χ4n) is 2.05. The van der Waals surface area contributed by atoms with Gasteiger partial charge in [0.15, 0.2) is 0 Å². The predicted octanol–water partition coefficient (Wildman–Crippen LogP) is 4.44. The quantitative estimate of drug-likeness (QED) is 0.633. The highest BCUT2D eigenvalue weighted by Crippen LogP contribution is 2.31. The lowest BCUT2D eigenvalue weighted by Gasteiger charge is -2.05. The topological polar surface area (TPSA) is 42.3 Å². The van der Waals surface area contributed by atoms with Gasteiger partial charge in [-0.1, -0.05) is 18.2 Å². The zero-order valence-electron chi connectivity index (χ0n) is 9.88. The molecule has 0 unspecified atom stereocenters. The van der Waals surface area contributed by atoms with E-state index in [0.717, 1.165) is 16.5 Å². The minimum Gasteiger partial charge on any atom is -0.254 e. The molecule has 0 aliphatic rings. The molecule has 1 heterocycles. The van der Waals surface area contributed by atoms with Crippen LogP contribution in [-0.4, -0.2) is 4.98 Å². The van der Waals surface area contributed by atoms with Crippen molar-refractivity contribution >= 4 is 16.6 Å². The van der Waals surface area contributed by atoms with Gasteiger partial charge in [0.2, 0.25) is 0 Å². The standard InChI is InChI=1S/C15H9FN2O/c16-13-5-3-10(4-6-13)12-8-11-2-1-7-17-15(11)14(9-12)18-19/h1-9H. The highest BCUT2D eigenvalue weighted by Gasteiger charge is 2.07. The first-order chi connectivity index (χ1) is 9.28. The summed E-state index contributed by atoms with van der Waals surface area (Å²) < 4.78 is 12.9. The molecular formula is C15H9FN2O. The van der Waals surface area contributed by atoms with E-state index < -0.39 is 0 Å². The lowest BCUT2D eigenvalue weighted by atomic mass is 10.0. The van der Waals surface area contributed by atoms with Gasteiger partial charge in [-0.3, -0.25) is 4.98 Å². The van der Waals surface area contributed by atoms with Gasteiger partial charge in [-0.15, -0.1) is 4.91 Å². The molecule has 0 saturated heterocycles. The van der Waals surface area contributed by atoms with Gasteiger partial charge in [0, 0.05) is 11.6 Å². The maximum absolute atomic E-state index is 12.9. The Morgan fingerprint density at radius 3 is 2.53 bits per heavy atom.